The molecule has 1 aromatic rings. The second-order valence-electron chi connectivity index (χ2n) is 4.07. The molecular formula is C13H15BrN2O. The summed E-state index contributed by atoms with van der Waals surface area (Å²) >= 11 is 3.23. The van der Waals surface area contributed by atoms with E-state index in [1.165, 1.54) is 11.1 Å². The average Bonchev–Trinajstić information content (AvgIpc) is 2.35. The van der Waals surface area contributed by atoms with Gasteiger partial charge in [0.05, 0.1) is 0 Å². The van der Waals surface area contributed by atoms with E-state index in [-0.39, 0.29) is 5.91 Å². The van der Waals surface area contributed by atoms with Crippen LogP contribution in [0.5, 0.6) is 0 Å². The van der Waals surface area contributed by atoms with Crippen LogP contribution in [0.1, 0.15) is 21.5 Å². The molecule has 0 spiro atoms. The van der Waals surface area contributed by atoms with Crippen molar-refractivity contribution in [3.63, 3.8) is 0 Å². The van der Waals surface area contributed by atoms with Crippen molar-refractivity contribution in [3.05, 3.63) is 46.0 Å². The molecule has 0 fully saturated rings. The molecule has 0 saturated heterocycles. The van der Waals surface area contributed by atoms with Crippen molar-refractivity contribution in [1.29, 1.82) is 0 Å². The Labute approximate surface area is 109 Å². The van der Waals surface area contributed by atoms with Crippen LogP contribution in [0.3, 0.4) is 0 Å². The summed E-state index contributed by atoms with van der Waals surface area (Å²) in [6, 6.07) is 5.89. The number of fused-ring (bicyclic) bond motifs is 1. The summed E-state index contributed by atoms with van der Waals surface area (Å²) in [6.45, 7) is 5.94. The SMILES string of the molecule is C=C(Br)CNC(=O)c1cccc2c1CCNC2. The number of halogens is 1. The van der Waals surface area contributed by atoms with Gasteiger partial charge >= 0.3 is 0 Å². The van der Waals surface area contributed by atoms with E-state index < -0.39 is 0 Å². The van der Waals surface area contributed by atoms with Gasteiger partial charge in [-0.2, -0.15) is 0 Å². The Morgan fingerprint density at radius 3 is 3.12 bits per heavy atom. The Balaban J connectivity index is 2.20. The van der Waals surface area contributed by atoms with Gasteiger partial charge < -0.3 is 10.6 Å². The summed E-state index contributed by atoms with van der Waals surface area (Å²) in [5.74, 6) is -0.0237. The van der Waals surface area contributed by atoms with Gasteiger partial charge in [-0.15, -0.1) is 0 Å². The lowest BCUT2D eigenvalue weighted by molar-refractivity contribution is 0.0956. The highest BCUT2D eigenvalue weighted by Crippen LogP contribution is 2.18. The minimum absolute atomic E-state index is 0.0237. The van der Waals surface area contributed by atoms with Gasteiger partial charge in [0.25, 0.3) is 5.91 Å². The first-order chi connectivity index (χ1) is 8.18. The molecule has 0 aromatic heterocycles. The number of hydrogen-bond acceptors (Lipinski definition) is 2. The van der Waals surface area contributed by atoms with Crippen molar-refractivity contribution in [2.24, 2.45) is 0 Å². The van der Waals surface area contributed by atoms with Gasteiger partial charge in [0, 0.05) is 23.1 Å². The van der Waals surface area contributed by atoms with Crippen LogP contribution < -0.4 is 10.6 Å². The molecule has 1 aliphatic heterocycles. The minimum Gasteiger partial charge on any atom is -0.347 e. The van der Waals surface area contributed by atoms with Crippen LogP contribution >= 0.6 is 15.9 Å². The van der Waals surface area contributed by atoms with Crippen LogP contribution in [-0.2, 0) is 13.0 Å². The molecule has 2 rings (SSSR count). The summed E-state index contributed by atoms with van der Waals surface area (Å²) in [5, 5.41) is 6.15. The lowest BCUT2D eigenvalue weighted by Gasteiger charge is -2.19. The zero-order valence-electron chi connectivity index (χ0n) is 9.55. The lowest BCUT2D eigenvalue weighted by Crippen LogP contribution is -2.29. The third kappa shape index (κ3) is 2.96. The normalized spacial score (nSPS) is 13.9. The second-order valence-corrected chi connectivity index (χ2v) is 5.19. The molecule has 2 N–H and O–H groups in total. The zero-order chi connectivity index (χ0) is 12.3. The Morgan fingerprint density at radius 1 is 1.53 bits per heavy atom. The van der Waals surface area contributed by atoms with Crippen LogP contribution in [0.15, 0.2) is 29.3 Å². The molecule has 1 aliphatic rings. The Bertz CT molecular complexity index is 457. The highest BCUT2D eigenvalue weighted by atomic mass is 79.9. The van der Waals surface area contributed by atoms with E-state index in [2.05, 4.69) is 39.2 Å². The zero-order valence-corrected chi connectivity index (χ0v) is 11.1. The molecule has 0 unspecified atom stereocenters. The van der Waals surface area contributed by atoms with Gasteiger partial charge in [-0.3, -0.25) is 4.79 Å². The summed E-state index contributed by atoms with van der Waals surface area (Å²) in [5.41, 5.74) is 3.18. The maximum absolute atomic E-state index is 12.0. The van der Waals surface area contributed by atoms with E-state index in [0.717, 1.165) is 29.6 Å². The number of benzene rings is 1. The van der Waals surface area contributed by atoms with Crippen LogP contribution in [0.25, 0.3) is 0 Å². The van der Waals surface area contributed by atoms with E-state index >= 15 is 0 Å². The van der Waals surface area contributed by atoms with Crippen molar-refractivity contribution in [2.75, 3.05) is 13.1 Å². The number of carbonyl (C=O) groups excluding carboxylic acids is 1. The summed E-state index contributed by atoms with van der Waals surface area (Å²) in [7, 11) is 0. The molecule has 0 radical (unpaired) electrons. The van der Waals surface area contributed by atoms with Crippen molar-refractivity contribution < 1.29 is 4.79 Å². The second kappa shape index (κ2) is 5.47. The van der Waals surface area contributed by atoms with E-state index in [4.69, 9.17) is 0 Å². The first-order valence-corrected chi connectivity index (χ1v) is 6.40. The topological polar surface area (TPSA) is 41.1 Å². The van der Waals surface area contributed by atoms with Gasteiger partial charge in [-0.05, 0) is 30.2 Å². The Morgan fingerprint density at radius 2 is 2.35 bits per heavy atom. The predicted octanol–water partition coefficient (Wildman–Crippen LogP) is 1.97. The molecule has 4 heteroatoms. The van der Waals surface area contributed by atoms with Gasteiger partial charge in [-0.1, -0.05) is 34.6 Å². The molecule has 1 heterocycles. The molecule has 1 amide bonds. The molecule has 0 aliphatic carbocycles. The number of carbonyl (C=O) groups is 1. The van der Waals surface area contributed by atoms with Crippen molar-refractivity contribution >= 4 is 21.8 Å². The quantitative estimate of drug-likeness (QED) is 0.895. The third-order valence-electron chi connectivity index (χ3n) is 2.83. The molecule has 3 nitrogen and oxygen atoms in total. The predicted molar refractivity (Wildman–Crippen MR) is 72.3 cm³/mol. The lowest BCUT2D eigenvalue weighted by atomic mass is 9.95. The monoisotopic (exact) mass is 294 g/mol. The van der Waals surface area contributed by atoms with E-state index in [1.807, 2.05) is 12.1 Å². The summed E-state index contributed by atoms with van der Waals surface area (Å²) in [6.07, 6.45) is 0.911. The molecule has 17 heavy (non-hydrogen) atoms. The van der Waals surface area contributed by atoms with Crippen LogP contribution in [0, 0.1) is 0 Å². The molecule has 0 atom stereocenters. The van der Waals surface area contributed by atoms with Crippen molar-refractivity contribution in [3.8, 4) is 0 Å². The summed E-state index contributed by atoms with van der Waals surface area (Å²) in [4.78, 5) is 12.0. The number of amides is 1. The fraction of sp³-hybridized carbons (Fsp3) is 0.308. The van der Waals surface area contributed by atoms with Crippen LogP contribution in [0.2, 0.25) is 0 Å². The Kier molecular flexibility index (Phi) is 3.97. The smallest absolute Gasteiger partial charge is 0.251 e. The van der Waals surface area contributed by atoms with Crippen molar-refractivity contribution in [2.45, 2.75) is 13.0 Å². The van der Waals surface area contributed by atoms with Gasteiger partial charge in [0.2, 0.25) is 0 Å². The standard InChI is InChI=1S/C13H15BrN2O/c1-9(14)7-16-13(17)12-4-2-3-10-8-15-6-5-11(10)12/h2-4,15H,1,5-8H2,(H,16,17). The highest BCUT2D eigenvalue weighted by molar-refractivity contribution is 9.11. The maximum atomic E-state index is 12.0. The first-order valence-electron chi connectivity index (χ1n) is 5.61. The Hall–Kier alpha value is -1.13. The van der Waals surface area contributed by atoms with E-state index in [9.17, 15) is 4.79 Å². The van der Waals surface area contributed by atoms with Crippen molar-refractivity contribution in [1.82, 2.24) is 10.6 Å². The summed E-state index contributed by atoms with van der Waals surface area (Å²) < 4.78 is 0.775. The molecular weight excluding hydrogens is 280 g/mol. The fourth-order valence-electron chi connectivity index (χ4n) is 2.02. The van der Waals surface area contributed by atoms with Gasteiger partial charge in [-0.25, -0.2) is 0 Å². The fourth-order valence-corrected chi connectivity index (χ4v) is 2.16. The van der Waals surface area contributed by atoms with Gasteiger partial charge in [0.15, 0.2) is 0 Å². The van der Waals surface area contributed by atoms with Crippen LogP contribution in [0.4, 0.5) is 0 Å². The van der Waals surface area contributed by atoms with E-state index in [0.29, 0.717) is 6.54 Å². The number of hydrogen-bond donors (Lipinski definition) is 2. The maximum Gasteiger partial charge on any atom is 0.251 e. The molecule has 90 valence electrons. The highest BCUT2D eigenvalue weighted by Gasteiger charge is 2.16. The largest absolute Gasteiger partial charge is 0.347 e. The molecule has 1 aromatic carbocycles. The molecule has 0 saturated carbocycles. The molecule has 0 bridgehead atoms. The van der Waals surface area contributed by atoms with Gasteiger partial charge in [0.1, 0.15) is 0 Å². The van der Waals surface area contributed by atoms with E-state index in [1.54, 1.807) is 0 Å². The number of rotatable bonds is 3. The third-order valence-corrected chi connectivity index (χ3v) is 3.11. The first kappa shape index (κ1) is 12.3. The van der Waals surface area contributed by atoms with Crippen LogP contribution in [-0.4, -0.2) is 19.0 Å². The number of nitrogens with one attached hydrogen (secondary N) is 2. The average molecular weight is 295 g/mol. The minimum atomic E-state index is -0.0237.